The van der Waals surface area contributed by atoms with Gasteiger partial charge in [-0.1, -0.05) is 6.07 Å². The predicted octanol–water partition coefficient (Wildman–Crippen LogP) is 1.49. The Kier molecular flexibility index (Phi) is 5.65. The molecule has 1 aromatic rings. The Morgan fingerprint density at radius 2 is 1.62 bits per heavy atom. The van der Waals surface area contributed by atoms with E-state index in [2.05, 4.69) is 5.32 Å². The number of alkyl halides is 1. The normalized spacial score (nSPS) is 15.4. The number of benzene rings is 1. The van der Waals surface area contributed by atoms with Gasteiger partial charge in [-0.3, -0.25) is 0 Å². The van der Waals surface area contributed by atoms with Crippen LogP contribution in [0.25, 0.3) is 0 Å². The first kappa shape index (κ1) is 16.9. The van der Waals surface area contributed by atoms with Crippen molar-refractivity contribution in [2.24, 2.45) is 5.92 Å². The van der Waals surface area contributed by atoms with Crippen molar-refractivity contribution >= 4 is 11.9 Å². The fraction of sp³-hybridized carbons (Fsp3) is 0.333. The fourth-order valence-electron chi connectivity index (χ4n) is 1.53. The molecular formula is C12H11F4NO4. The number of carboxylic acids is 2. The van der Waals surface area contributed by atoms with Gasteiger partial charge < -0.3 is 15.5 Å². The van der Waals surface area contributed by atoms with E-state index in [9.17, 15) is 17.6 Å². The summed E-state index contributed by atoms with van der Waals surface area (Å²) in [6.45, 7) is 0.860. The molecule has 0 saturated carbocycles. The first-order valence-corrected chi connectivity index (χ1v) is 5.70. The van der Waals surface area contributed by atoms with Gasteiger partial charge >= 0.3 is 11.9 Å². The van der Waals surface area contributed by atoms with E-state index in [1.54, 1.807) is 0 Å². The first-order chi connectivity index (χ1) is 9.75. The van der Waals surface area contributed by atoms with E-state index in [0.29, 0.717) is 13.1 Å². The van der Waals surface area contributed by atoms with Gasteiger partial charge in [0.15, 0.2) is 17.5 Å². The number of rotatable bonds is 2. The highest BCUT2D eigenvalue weighted by Crippen LogP contribution is 2.31. The lowest BCUT2D eigenvalue weighted by atomic mass is 9.92. The van der Waals surface area contributed by atoms with Crippen LogP contribution in [-0.2, 0) is 9.59 Å². The molecule has 0 radical (unpaired) electrons. The number of hydrogen-bond donors (Lipinski definition) is 3. The Labute approximate surface area is 116 Å². The molecule has 5 nitrogen and oxygen atoms in total. The Hall–Kier alpha value is -2.16. The minimum Gasteiger partial charge on any atom is -0.473 e. The summed E-state index contributed by atoms with van der Waals surface area (Å²) in [5, 5.41) is 17.6. The molecule has 116 valence electrons. The quantitative estimate of drug-likeness (QED) is 0.438. The van der Waals surface area contributed by atoms with E-state index >= 15 is 0 Å². The number of aliphatic carboxylic acids is 2. The molecule has 0 amide bonds. The third kappa shape index (κ3) is 4.15. The van der Waals surface area contributed by atoms with Crippen molar-refractivity contribution in [1.29, 1.82) is 0 Å². The molecule has 1 unspecified atom stereocenters. The number of halogens is 4. The Bertz CT molecular complexity index is 536. The maximum atomic E-state index is 13.6. The van der Waals surface area contributed by atoms with Gasteiger partial charge in [0.25, 0.3) is 0 Å². The minimum absolute atomic E-state index is 0.357. The molecule has 0 spiro atoms. The maximum absolute atomic E-state index is 13.6. The number of carboxylic acid groups (broad SMARTS) is 2. The topological polar surface area (TPSA) is 86.6 Å². The zero-order valence-electron chi connectivity index (χ0n) is 10.4. The maximum Gasteiger partial charge on any atom is 0.414 e. The van der Waals surface area contributed by atoms with Gasteiger partial charge in [-0.25, -0.2) is 27.2 Å². The van der Waals surface area contributed by atoms with Gasteiger partial charge in [0.05, 0.1) is 0 Å². The Morgan fingerprint density at radius 3 is 2.00 bits per heavy atom. The zero-order valence-corrected chi connectivity index (χ0v) is 10.4. The highest BCUT2D eigenvalue weighted by Gasteiger charge is 2.31. The summed E-state index contributed by atoms with van der Waals surface area (Å²) in [6.07, 6.45) is -1.58. The molecule has 2 rings (SSSR count). The van der Waals surface area contributed by atoms with E-state index in [1.165, 1.54) is 0 Å². The number of nitrogens with one attached hydrogen (secondary N) is 1. The molecule has 1 aliphatic rings. The summed E-state index contributed by atoms with van der Waals surface area (Å²) < 4.78 is 52.1. The summed E-state index contributed by atoms with van der Waals surface area (Å²) in [7, 11) is 0. The second-order valence-corrected chi connectivity index (χ2v) is 4.19. The smallest absolute Gasteiger partial charge is 0.414 e. The molecule has 1 fully saturated rings. The van der Waals surface area contributed by atoms with Crippen molar-refractivity contribution in [2.45, 2.75) is 6.17 Å². The highest BCUT2D eigenvalue weighted by molar-refractivity contribution is 6.27. The fourth-order valence-corrected chi connectivity index (χ4v) is 1.53. The first-order valence-electron chi connectivity index (χ1n) is 5.70. The summed E-state index contributed by atoms with van der Waals surface area (Å²) in [5.41, 5.74) is -0.402. The van der Waals surface area contributed by atoms with Crippen LogP contribution >= 0.6 is 0 Å². The lowest BCUT2D eigenvalue weighted by molar-refractivity contribution is -0.159. The average Bonchev–Trinajstić information content (AvgIpc) is 2.34. The zero-order chi connectivity index (χ0) is 16.2. The molecule has 3 N–H and O–H groups in total. The molecule has 1 atom stereocenters. The lowest BCUT2D eigenvalue weighted by Gasteiger charge is -2.30. The molecule has 9 heteroatoms. The van der Waals surface area contributed by atoms with E-state index in [-0.39, 0.29) is 5.92 Å². The van der Waals surface area contributed by atoms with E-state index in [4.69, 9.17) is 19.8 Å². The third-order valence-corrected chi connectivity index (χ3v) is 2.77. The van der Waals surface area contributed by atoms with Gasteiger partial charge in [0, 0.05) is 24.6 Å². The molecule has 1 aliphatic heterocycles. The average molecular weight is 309 g/mol. The SMILES string of the molecule is Fc1ccc(C(F)C2CNC2)c(F)c1F.O=C(O)C(=O)O. The van der Waals surface area contributed by atoms with Crippen molar-refractivity contribution in [1.82, 2.24) is 5.32 Å². The molecule has 0 bridgehead atoms. The Balaban J connectivity index is 0.000000315. The standard InChI is InChI=1S/C10H9F4N.C2H2O4/c11-7-2-1-6(9(13)10(7)14)8(12)5-3-15-4-5;3-1(4)2(5)6/h1-2,5,8,15H,3-4H2;(H,3,4)(H,5,6). The summed E-state index contributed by atoms with van der Waals surface area (Å²) >= 11 is 0. The van der Waals surface area contributed by atoms with Crippen molar-refractivity contribution in [3.63, 3.8) is 0 Å². The van der Waals surface area contributed by atoms with Gasteiger partial charge in [0.2, 0.25) is 0 Å². The van der Waals surface area contributed by atoms with Gasteiger partial charge in [-0.2, -0.15) is 0 Å². The molecule has 1 saturated heterocycles. The summed E-state index contributed by atoms with van der Waals surface area (Å²) in [4.78, 5) is 18.2. The lowest BCUT2D eigenvalue weighted by Crippen LogP contribution is -2.44. The second kappa shape index (κ2) is 7.02. The van der Waals surface area contributed by atoms with Crippen molar-refractivity contribution in [2.75, 3.05) is 13.1 Å². The van der Waals surface area contributed by atoms with Crippen molar-refractivity contribution < 1.29 is 37.4 Å². The van der Waals surface area contributed by atoms with Gasteiger partial charge in [0.1, 0.15) is 6.17 Å². The highest BCUT2D eigenvalue weighted by atomic mass is 19.2. The number of carbonyl (C=O) groups is 2. The van der Waals surface area contributed by atoms with Crippen molar-refractivity contribution in [3.8, 4) is 0 Å². The molecule has 0 aliphatic carbocycles. The molecular weight excluding hydrogens is 298 g/mol. The molecule has 1 aromatic carbocycles. The van der Waals surface area contributed by atoms with Gasteiger partial charge in [-0.15, -0.1) is 0 Å². The van der Waals surface area contributed by atoms with E-state index in [0.717, 1.165) is 12.1 Å². The molecule has 0 aromatic heterocycles. The van der Waals surface area contributed by atoms with Gasteiger partial charge in [-0.05, 0) is 6.07 Å². The van der Waals surface area contributed by atoms with Crippen LogP contribution in [0.15, 0.2) is 12.1 Å². The van der Waals surface area contributed by atoms with Crippen LogP contribution in [0.1, 0.15) is 11.7 Å². The van der Waals surface area contributed by atoms with E-state index in [1.807, 2.05) is 0 Å². The second-order valence-electron chi connectivity index (χ2n) is 4.19. The summed E-state index contributed by atoms with van der Waals surface area (Å²) in [5.74, 6) is -8.33. The third-order valence-electron chi connectivity index (χ3n) is 2.77. The van der Waals surface area contributed by atoms with Crippen LogP contribution in [0.4, 0.5) is 17.6 Å². The number of hydrogen-bond acceptors (Lipinski definition) is 3. The van der Waals surface area contributed by atoms with Crippen LogP contribution in [0.2, 0.25) is 0 Å². The van der Waals surface area contributed by atoms with E-state index < -0.39 is 41.1 Å². The predicted molar refractivity (Wildman–Crippen MR) is 61.8 cm³/mol. The van der Waals surface area contributed by atoms with Crippen LogP contribution in [0, 0.1) is 23.4 Å². The summed E-state index contributed by atoms with van der Waals surface area (Å²) in [6, 6.07) is 1.70. The Morgan fingerprint density at radius 1 is 1.10 bits per heavy atom. The largest absolute Gasteiger partial charge is 0.473 e. The monoisotopic (exact) mass is 309 g/mol. The minimum atomic E-state index is -1.82. The van der Waals surface area contributed by atoms with Crippen LogP contribution in [0.5, 0.6) is 0 Å². The van der Waals surface area contributed by atoms with Crippen LogP contribution in [0.3, 0.4) is 0 Å². The molecule has 1 heterocycles. The van der Waals surface area contributed by atoms with Crippen LogP contribution in [-0.4, -0.2) is 35.2 Å². The van der Waals surface area contributed by atoms with Crippen LogP contribution < -0.4 is 5.32 Å². The molecule has 21 heavy (non-hydrogen) atoms. The van der Waals surface area contributed by atoms with Crippen molar-refractivity contribution in [3.05, 3.63) is 35.1 Å².